The summed E-state index contributed by atoms with van der Waals surface area (Å²) in [4.78, 5) is 20.5. The Bertz CT molecular complexity index is 1570. The number of piperazine rings is 1. The highest BCUT2D eigenvalue weighted by molar-refractivity contribution is 9.10. The summed E-state index contributed by atoms with van der Waals surface area (Å²) in [6, 6.07) is 17.7. The van der Waals surface area contributed by atoms with Crippen LogP contribution in [0.25, 0.3) is 0 Å². The van der Waals surface area contributed by atoms with E-state index in [0.29, 0.717) is 38.0 Å². The number of rotatable bonds is 7. The lowest BCUT2D eigenvalue weighted by Crippen LogP contribution is -2.57. The molecule has 0 saturated carbocycles. The van der Waals surface area contributed by atoms with Gasteiger partial charge in [-0.05, 0) is 75.9 Å². The average Bonchev–Trinajstić information content (AvgIpc) is 3.71. The molecule has 9 heteroatoms. The van der Waals surface area contributed by atoms with Crippen LogP contribution in [0.15, 0.2) is 69.9 Å². The van der Waals surface area contributed by atoms with Gasteiger partial charge in [0.25, 0.3) is 5.91 Å². The maximum Gasteiger partial charge on any atom is 0.290 e. The molecule has 4 atom stereocenters. The fraction of sp³-hybridized carbons (Fsp3) is 0.424. The first-order valence-electron chi connectivity index (χ1n) is 14.8. The molecule has 8 nitrogen and oxygen atoms in total. The van der Waals surface area contributed by atoms with Crippen molar-refractivity contribution in [1.82, 2.24) is 24.8 Å². The van der Waals surface area contributed by atoms with Crippen molar-refractivity contribution in [3.8, 4) is 0 Å². The quantitative estimate of drug-likeness (QED) is 0.241. The third-order valence-corrected chi connectivity index (χ3v) is 9.87. The molecule has 1 fully saturated rings. The van der Waals surface area contributed by atoms with Gasteiger partial charge in [-0.25, -0.2) is 4.68 Å². The molecule has 0 spiro atoms. The van der Waals surface area contributed by atoms with Crippen molar-refractivity contribution >= 4 is 27.5 Å². The first kappa shape index (κ1) is 28.7. The Morgan fingerprint density at radius 1 is 1.05 bits per heavy atom. The lowest BCUT2D eigenvalue weighted by Gasteiger charge is -2.44. The molecule has 0 aliphatic carbocycles. The normalized spacial score (nSPS) is 21.5. The van der Waals surface area contributed by atoms with Crippen LogP contribution < -0.4 is 4.90 Å². The third-order valence-electron chi connectivity index (χ3n) is 8.98. The summed E-state index contributed by atoms with van der Waals surface area (Å²) >= 11 is 3.59. The summed E-state index contributed by atoms with van der Waals surface area (Å²) in [7, 11) is 0. The van der Waals surface area contributed by atoms with Crippen LogP contribution >= 0.6 is 15.9 Å². The molecule has 2 aliphatic heterocycles. The zero-order valence-electron chi connectivity index (χ0n) is 25.0. The molecule has 1 saturated heterocycles. The molecule has 0 bridgehead atoms. The summed E-state index contributed by atoms with van der Waals surface area (Å²) in [6.07, 6.45) is 4.72. The number of carbonyl (C=O) groups is 1. The predicted octanol–water partition coefficient (Wildman–Crippen LogP) is 6.24. The van der Waals surface area contributed by atoms with Crippen molar-refractivity contribution in [3.63, 3.8) is 0 Å². The van der Waals surface area contributed by atoms with Crippen molar-refractivity contribution < 1.29 is 9.21 Å². The molecule has 0 N–H and O–H groups in total. The Balaban J connectivity index is 1.11. The van der Waals surface area contributed by atoms with Gasteiger partial charge in [-0.3, -0.25) is 9.69 Å². The number of para-hydroxylation sites is 1. The smallest absolute Gasteiger partial charge is 0.290 e. The maximum atomic E-state index is 13.8. The number of halogens is 1. The Hall–Kier alpha value is -3.43. The van der Waals surface area contributed by atoms with Crippen molar-refractivity contribution in [3.05, 3.63) is 99.2 Å². The number of aryl methyl sites for hydroxylation is 1. The minimum Gasteiger partial charge on any atom is -0.459 e. The van der Waals surface area contributed by atoms with Gasteiger partial charge >= 0.3 is 0 Å². The van der Waals surface area contributed by atoms with Crippen LogP contribution in [0.3, 0.4) is 0 Å². The van der Waals surface area contributed by atoms with Gasteiger partial charge in [-0.1, -0.05) is 51.5 Å². The Morgan fingerprint density at radius 2 is 1.81 bits per heavy atom. The second-order valence-corrected chi connectivity index (χ2v) is 12.9. The number of carbonyl (C=O) groups excluding carboxylic acids is 1. The second-order valence-electron chi connectivity index (χ2n) is 12.0. The predicted molar refractivity (Wildman–Crippen MR) is 168 cm³/mol. The van der Waals surface area contributed by atoms with E-state index in [9.17, 15) is 4.79 Å². The van der Waals surface area contributed by atoms with E-state index < -0.39 is 0 Å². The van der Waals surface area contributed by atoms with Gasteiger partial charge in [-0.2, -0.15) is 0 Å². The average molecular weight is 632 g/mol. The molecule has 2 aromatic carbocycles. The number of hydrogen-bond acceptors (Lipinski definition) is 6. The summed E-state index contributed by atoms with van der Waals surface area (Å²) in [5, 5.41) is 8.96. The van der Waals surface area contributed by atoms with E-state index in [1.54, 1.807) is 6.26 Å². The van der Waals surface area contributed by atoms with Crippen LogP contribution in [-0.2, 0) is 19.5 Å². The first-order chi connectivity index (χ1) is 20.2. The molecule has 4 heterocycles. The van der Waals surface area contributed by atoms with Gasteiger partial charge in [0.15, 0.2) is 5.76 Å². The molecule has 1 amide bonds. The highest BCUT2D eigenvalue weighted by atomic mass is 79.9. The minimum absolute atomic E-state index is 0.0296. The van der Waals surface area contributed by atoms with E-state index >= 15 is 0 Å². The summed E-state index contributed by atoms with van der Waals surface area (Å²) < 4.78 is 8.87. The van der Waals surface area contributed by atoms with Crippen LogP contribution in [-0.4, -0.2) is 61.9 Å². The maximum absolute atomic E-state index is 13.8. The number of nitrogens with zero attached hydrogens (tertiary/aromatic N) is 6. The lowest BCUT2D eigenvalue weighted by atomic mass is 10.1. The number of anilines is 1. The Morgan fingerprint density at radius 3 is 2.57 bits per heavy atom. The van der Waals surface area contributed by atoms with E-state index in [1.807, 2.05) is 21.8 Å². The van der Waals surface area contributed by atoms with Gasteiger partial charge in [0.05, 0.1) is 24.2 Å². The molecule has 6 rings (SSSR count). The van der Waals surface area contributed by atoms with Crippen molar-refractivity contribution in [1.29, 1.82) is 0 Å². The van der Waals surface area contributed by atoms with Gasteiger partial charge in [0.2, 0.25) is 0 Å². The van der Waals surface area contributed by atoms with Crippen LogP contribution in [0.1, 0.15) is 72.2 Å². The SMILES string of the molecule is Cc1cc([C@@H](C)n2cc(CN3[C@H](C)CN(C(=O)c4occc4CN4c5ccccc5CC4C)C[C@@H]3C)nn2)ccc1Br. The highest BCUT2D eigenvalue weighted by Crippen LogP contribution is 2.34. The van der Waals surface area contributed by atoms with Crippen LogP contribution in [0.4, 0.5) is 5.69 Å². The standard InChI is InChI=1S/C33H39BrN6O2/c1-21-14-26(10-11-30(21)34)25(5)40-20-29(35-36-40)19-38-23(3)16-37(17-24(38)4)33(41)32-28(12-13-42-32)18-39-22(2)15-27-8-6-7-9-31(27)39/h6-14,20,22-25H,15-19H2,1-5H3/t22?,23-,24+,25-/m1/s1. The monoisotopic (exact) mass is 630 g/mol. The van der Waals surface area contributed by atoms with E-state index in [1.165, 1.54) is 22.4 Å². The fourth-order valence-electron chi connectivity index (χ4n) is 6.52. The topological polar surface area (TPSA) is 70.6 Å². The Labute approximate surface area is 256 Å². The summed E-state index contributed by atoms with van der Waals surface area (Å²) in [5.41, 5.74) is 6.88. The van der Waals surface area contributed by atoms with Gasteiger partial charge in [0, 0.05) is 60.0 Å². The van der Waals surface area contributed by atoms with E-state index in [-0.39, 0.29) is 24.0 Å². The van der Waals surface area contributed by atoms with Gasteiger partial charge < -0.3 is 14.2 Å². The highest BCUT2D eigenvalue weighted by Gasteiger charge is 2.35. The largest absolute Gasteiger partial charge is 0.459 e. The van der Waals surface area contributed by atoms with Crippen LogP contribution in [0, 0.1) is 6.92 Å². The first-order valence-corrected chi connectivity index (χ1v) is 15.6. The van der Waals surface area contributed by atoms with Crippen LogP contribution in [0.5, 0.6) is 0 Å². The van der Waals surface area contributed by atoms with Crippen molar-refractivity contribution in [2.24, 2.45) is 0 Å². The third kappa shape index (κ3) is 5.52. The fourth-order valence-corrected chi connectivity index (χ4v) is 6.77. The second kappa shape index (κ2) is 11.7. The van der Waals surface area contributed by atoms with E-state index in [2.05, 4.69) is 113 Å². The molecule has 0 radical (unpaired) electrons. The Kier molecular flexibility index (Phi) is 7.98. The number of benzene rings is 2. The van der Waals surface area contributed by atoms with Crippen molar-refractivity contribution in [2.75, 3.05) is 18.0 Å². The van der Waals surface area contributed by atoms with E-state index in [4.69, 9.17) is 4.42 Å². The zero-order chi connectivity index (χ0) is 29.5. The molecule has 2 aromatic heterocycles. The molecular weight excluding hydrogens is 592 g/mol. The number of amides is 1. The zero-order valence-corrected chi connectivity index (χ0v) is 26.6. The number of aromatic nitrogens is 3. The van der Waals surface area contributed by atoms with E-state index in [0.717, 1.165) is 22.2 Å². The van der Waals surface area contributed by atoms with Gasteiger partial charge in [-0.15, -0.1) is 5.10 Å². The van der Waals surface area contributed by atoms with Crippen molar-refractivity contribution in [2.45, 2.75) is 78.3 Å². The number of hydrogen-bond donors (Lipinski definition) is 0. The molecule has 2 aliphatic rings. The number of fused-ring (bicyclic) bond motifs is 1. The molecule has 42 heavy (non-hydrogen) atoms. The molecule has 4 aromatic rings. The number of furan rings is 1. The minimum atomic E-state index is -0.0296. The van der Waals surface area contributed by atoms with Crippen LogP contribution in [0.2, 0.25) is 0 Å². The lowest BCUT2D eigenvalue weighted by molar-refractivity contribution is 0.0243. The molecular formula is C33H39BrN6O2. The summed E-state index contributed by atoms with van der Waals surface area (Å²) in [6.45, 7) is 13.5. The van der Waals surface area contributed by atoms with Gasteiger partial charge in [0.1, 0.15) is 0 Å². The molecule has 220 valence electrons. The summed E-state index contributed by atoms with van der Waals surface area (Å²) in [5.74, 6) is 0.428. The molecule has 1 unspecified atom stereocenters.